The number of hydrogen-bond acceptors (Lipinski definition) is 4. The summed E-state index contributed by atoms with van der Waals surface area (Å²) in [6, 6.07) is 5.59. The lowest BCUT2D eigenvalue weighted by molar-refractivity contribution is -0.137. The Labute approximate surface area is 142 Å². The summed E-state index contributed by atoms with van der Waals surface area (Å²) in [6.45, 7) is -0.875. The molecule has 2 aromatic heterocycles. The molecule has 0 saturated heterocycles. The van der Waals surface area contributed by atoms with E-state index in [1.807, 2.05) is 5.32 Å². The van der Waals surface area contributed by atoms with Crippen LogP contribution in [0.1, 0.15) is 16.1 Å². The minimum absolute atomic E-state index is 0.120. The van der Waals surface area contributed by atoms with Crippen molar-refractivity contribution >= 4 is 11.6 Å². The van der Waals surface area contributed by atoms with Crippen molar-refractivity contribution in [3.63, 3.8) is 0 Å². The normalized spacial score (nSPS) is 11.9. The highest BCUT2D eigenvalue weighted by Crippen LogP contribution is 2.33. The van der Waals surface area contributed by atoms with E-state index in [1.54, 1.807) is 0 Å². The van der Waals surface area contributed by atoms with Crippen molar-refractivity contribution in [2.75, 3.05) is 6.54 Å². The summed E-state index contributed by atoms with van der Waals surface area (Å²) in [7, 11) is 0. The van der Waals surface area contributed by atoms with Gasteiger partial charge in [0.05, 0.1) is 12.1 Å². The van der Waals surface area contributed by atoms with Crippen molar-refractivity contribution < 1.29 is 26.7 Å². The molecule has 0 bridgehead atoms. The van der Waals surface area contributed by atoms with E-state index < -0.39 is 30.6 Å². The standard InChI is InChI=1S/C15H10F5N5O/c16-12(17)6-21-14(26)11-5-10(13-23-22-7-25(13)24-11)8-2-1-3-9(4-8)15(18,19)20/h1-5,7,12H,6H2,(H,21,26). The van der Waals surface area contributed by atoms with E-state index in [2.05, 4.69) is 15.3 Å². The van der Waals surface area contributed by atoms with Gasteiger partial charge in [-0.15, -0.1) is 10.2 Å². The SMILES string of the molecule is O=C(NCC(F)F)c1cc(-c2cccc(C(F)(F)F)c2)c2nncn2n1. The van der Waals surface area contributed by atoms with Gasteiger partial charge in [-0.3, -0.25) is 4.79 Å². The molecule has 0 aliphatic heterocycles. The highest BCUT2D eigenvalue weighted by Gasteiger charge is 2.30. The Morgan fingerprint density at radius 3 is 2.69 bits per heavy atom. The Hall–Kier alpha value is -3.11. The van der Waals surface area contributed by atoms with Gasteiger partial charge in [-0.1, -0.05) is 12.1 Å². The van der Waals surface area contributed by atoms with Crippen molar-refractivity contribution in [1.29, 1.82) is 0 Å². The molecule has 2 heterocycles. The second kappa shape index (κ2) is 6.65. The molecule has 0 spiro atoms. The number of nitrogens with one attached hydrogen (secondary N) is 1. The molecule has 0 fully saturated rings. The zero-order valence-electron chi connectivity index (χ0n) is 12.8. The first-order valence-corrected chi connectivity index (χ1v) is 7.21. The van der Waals surface area contributed by atoms with Crippen molar-refractivity contribution in [3.05, 3.63) is 47.9 Å². The molecule has 1 N–H and O–H groups in total. The molecule has 6 nitrogen and oxygen atoms in total. The highest BCUT2D eigenvalue weighted by molar-refractivity contribution is 5.94. The molecular formula is C15H10F5N5O. The third kappa shape index (κ3) is 3.60. The predicted octanol–water partition coefficient (Wildman–Crippen LogP) is 2.81. The van der Waals surface area contributed by atoms with Crippen LogP contribution in [-0.4, -0.2) is 38.7 Å². The number of carbonyl (C=O) groups excluding carboxylic acids is 1. The topological polar surface area (TPSA) is 72.2 Å². The number of alkyl halides is 5. The Bertz CT molecular complexity index is 953. The lowest BCUT2D eigenvalue weighted by atomic mass is 10.0. The fourth-order valence-corrected chi connectivity index (χ4v) is 2.27. The molecular weight excluding hydrogens is 361 g/mol. The van der Waals surface area contributed by atoms with E-state index in [9.17, 15) is 26.7 Å². The Morgan fingerprint density at radius 2 is 2.00 bits per heavy atom. The average Bonchev–Trinajstić information content (AvgIpc) is 3.06. The van der Waals surface area contributed by atoms with E-state index in [1.165, 1.54) is 18.2 Å². The number of benzene rings is 1. The fourth-order valence-electron chi connectivity index (χ4n) is 2.27. The molecule has 1 aromatic carbocycles. The van der Waals surface area contributed by atoms with Gasteiger partial charge in [-0.2, -0.15) is 22.8 Å². The maximum Gasteiger partial charge on any atom is 0.416 e. The maximum absolute atomic E-state index is 12.9. The quantitative estimate of drug-likeness (QED) is 0.716. The summed E-state index contributed by atoms with van der Waals surface area (Å²) in [6.07, 6.45) is -6.15. The number of halogens is 5. The maximum atomic E-state index is 12.9. The van der Waals surface area contributed by atoms with E-state index in [0.717, 1.165) is 23.0 Å². The third-order valence-corrected chi connectivity index (χ3v) is 3.42. The number of hydrogen-bond donors (Lipinski definition) is 1. The molecule has 26 heavy (non-hydrogen) atoms. The number of aromatic nitrogens is 4. The Kier molecular flexibility index (Phi) is 4.53. The smallest absolute Gasteiger partial charge is 0.345 e. The predicted molar refractivity (Wildman–Crippen MR) is 79.6 cm³/mol. The van der Waals surface area contributed by atoms with Gasteiger partial charge in [-0.25, -0.2) is 8.78 Å². The van der Waals surface area contributed by atoms with E-state index >= 15 is 0 Å². The molecule has 3 rings (SSSR count). The zero-order chi connectivity index (χ0) is 18.9. The van der Waals surface area contributed by atoms with Crippen LogP contribution in [0.25, 0.3) is 16.8 Å². The summed E-state index contributed by atoms with van der Waals surface area (Å²) in [5.74, 6) is -0.894. The summed E-state index contributed by atoms with van der Waals surface area (Å²) in [5.41, 5.74) is -0.734. The average molecular weight is 371 g/mol. The van der Waals surface area contributed by atoms with Gasteiger partial charge < -0.3 is 5.32 Å². The summed E-state index contributed by atoms with van der Waals surface area (Å²) >= 11 is 0. The lowest BCUT2D eigenvalue weighted by Crippen LogP contribution is -2.29. The van der Waals surface area contributed by atoms with Crippen molar-refractivity contribution in [2.45, 2.75) is 12.6 Å². The second-order valence-electron chi connectivity index (χ2n) is 5.22. The number of rotatable bonds is 4. The van der Waals surface area contributed by atoms with E-state index in [0.29, 0.717) is 0 Å². The Morgan fingerprint density at radius 1 is 1.23 bits per heavy atom. The van der Waals surface area contributed by atoms with Crippen LogP contribution < -0.4 is 5.32 Å². The van der Waals surface area contributed by atoms with Crippen LogP contribution in [0.4, 0.5) is 22.0 Å². The van der Waals surface area contributed by atoms with Gasteiger partial charge >= 0.3 is 6.18 Å². The van der Waals surface area contributed by atoms with E-state index in [-0.39, 0.29) is 22.5 Å². The van der Waals surface area contributed by atoms with Crippen LogP contribution in [0.3, 0.4) is 0 Å². The zero-order valence-corrected chi connectivity index (χ0v) is 12.8. The van der Waals surface area contributed by atoms with Crippen LogP contribution in [0, 0.1) is 0 Å². The summed E-state index contributed by atoms with van der Waals surface area (Å²) in [5, 5.41) is 13.3. The van der Waals surface area contributed by atoms with Crippen LogP contribution >= 0.6 is 0 Å². The molecule has 0 unspecified atom stereocenters. The first kappa shape index (κ1) is 17.7. The highest BCUT2D eigenvalue weighted by atomic mass is 19.4. The first-order chi connectivity index (χ1) is 12.3. The third-order valence-electron chi connectivity index (χ3n) is 3.42. The molecule has 0 saturated carbocycles. The van der Waals surface area contributed by atoms with Crippen molar-refractivity contribution in [2.24, 2.45) is 0 Å². The molecule has 3 aromatic rings. The summed E-state index contributed by atoms with van der Waals surface area (Å²) in [4.78, 5) is 12.0. The Balaban J connectivity index is 2.08. The largest absolute Gasteiger partial charge is 0.416 e. The van der Waals surface area contributed by atoms with Crippen molar-refractivity contribution in [1.82, 2.24) is 25.1 Å². The van der Waals surface area contributed by atoms with Crippen LogP contribution in [0.15, 0.2) is 36.7 Å². The molecule has 0 aliphatic carbocycles. The fraction of sp³-hybridized carbons (Fsp3) is 0.200. The second-order valence-corrected chi connectivity index (χ2v) is 5.22. The number of carbonyl (C=O) groups is 1. The lowest BCUT2D eigenvalue weighted by Gasteiger charge is -2.10. The molecule has 136 valence electrons. The van der Waals surface area contributed by atoms with Crippen LogP contribution in [0.2, 0.25) is 0 Å². The van der Waals surface area contributed by atoms with E-state index in [4.69, 9.17) is 0 Å². The molecule has 11 heteroatoms. The number of amides is 1. The number of fused-ring (bicyclic) bond motifs is 1. The van der Waals surface area contributed by atoms with Gasteiger partial charge in [0.1, 0.15) is 12.0 Å². The summed E-state index contributed by atoms with van der Waals surface area (Å²) < 4.78 is 64.4. The van der Waals surface area contributed by atoms with Gasteiger partial charge in [0.15, 0.2) is 5.65 Å². The first-order valence-electron chi connectivity index (χ1n) is 7.21. The molecule has 0 aliphatic rings. The van der Waals surface area contributed by atoms with Gasteiger partial charge in [0, 0.05) is 5.56 Å². The minimum atomic E-state index is -4.55. The monoisotopic (exact) mass is 371 g/mol. The molecule has 0 radical (unpaired) electrons. The van der Waals surface area contributed by atoms with Gasteiger partial charge in [-0.05, 0) is 23.8 Å². The molecule has 0 atom stereocenters. The van der Waals surface area contributed by atoms with Gasteiger partial charge in [0.25, 0.3) is 12.3 Å². The van der Waals surface area contributed by atoms with Crippen LogP contribution in [0.5, 0.6) is 0 Å². The van der Waals surface area contributed by atoms with Gasteiger partial charge in [0.2, 0.25) is 0 Å². The van der Waals surface area contributed by atoms with Crippen LogP contribution in [-0.2, 0) is 6.18 Å². The minimum Gasteiger partial charge on any atom is -0.345 e. The van der Waals surface area contributed by atoms with Crippen molar-refractivity contribution in [3.8, 4) is 11.1 Å². The molecule has 1 amide bonds. The number of nitrogens with zero attached hydrogens (tertiary/aromatic N) is 4.